The van der Waals surface area contributed by atoms with Crippen LogP contribution in [0, 0.1) is 5.92 Å². The van der Waals surface area contributed by atoms with Gasteiger partial charge in [-0.3, -0.25) is 0 Å². The minimum absolute atomic E-state index is 0.590. The highest BCUT2D eigenvalue weighted by Crippen LogP contribution is 2.12. The second-order valence-electron chi connectivity index (χ2n) is 3.94. The lowest BCUT2D eigenvalue weighted by Crippen LogP contribution is -2.05. The molecular formula is C11H19N3S. The lowest BCUT2D eigenvalue weighted by molar-refractivity contribution is 0.632. The quantitative estimate of drug-likeness (QED) is 0.836. The van der Waals surface area contributed by atoms with Crippen LogP contribution in [0.2, 0.25) is 0 Å². The fourth-order valence-electron chi connectivity index (χ4n) is 1.36. The summed E-state index contributed by atoms with van der Waals surface area (Å²) in [6.07, 6.45) is 0.969. The fraction of sp³-hybridized carbons (Fsp3) is 0.636. The van der Waals surface area contributed by atoms with Crippen LogP contribution in [0.3, 0.4) is 0 Å². The maximum atomic E-state index is 5.75. The third-order valence-electron chi connectivity index (χ3n) is 1.90. The lowest BCUT2D eigenvalue weighted by Gasteiger charge is -2.07. The van der Waals surface area contributed by atoms with E-state index < -0.39 is 0 Å². The monoisotopic (exact) mass is 225 g/mol. The highest BCUT2D eigenvalue weighted by molar-refractivity contribution is 7.98. The van der Waals surface area contributed by atoms with Gasteiger partial charge in [-0.15, -0.1) is 0 Å². The Kier molecular flexibility index (Phi) is 4.88. The molecular weight excluding hydrogens is 206 g/mol. The van der Waals surface area contributed by atoms with Crippen molar-refractivity contribution in [3.05, 3.63) is 17.6 Å². The molecule has 0 spiro atoms. The Labute approximate surface area is 95.9 Å². The molecule has 0 aliphatic rings. The minimum Gasteiger partial charge on any atom is -0.384 e. The molecule has 0 bridgehead atoms. The Morgan fingerprint density at radius 2 is 2.13 bits per heavy atom. The number of thioether (sulfide) groups is 1. The summed E-state index contributed by atoms with van der Waals surface area (Å²) in [7, 11) is 0. The number of nitrogen functional groups attached to an aromatic ring is 1. The van der Waals surface area contributed by atoms with Gasteiger partial charge in [0.2, 0.25) is 0 Å². The molecule has 0 amide bonds. The van der Waals surface area contributed by atoms with Crippen LogP contribution in [0.1, 0.15) is 32.3 Å². The number of rotatable bonds is 5. The predicted molar refractivity (Wildman–Crippen MR) is 66.8 cm³/mol. The van der Waals surface area contributed by atoms with E-state index in [4.69, 9.17) is 5.73 Å². The van der Waals surface area contributed by atoms with Crippen molar-refractivity contribution >= 4 is 17.6 Å². The Bertz CT molecular complexity index is 313. The number of nitrogens with two attached hydrogens (primary N) is 1. The van der Waals surface area contributed by atoms with Crippen molar-refractivity contribution in [2.45, 2.75) is 32.9 Å². The molecule has 15 heavy (non-hydrogen) atoms. The first kappa shape index (κ1) is 12.3. The number of anilines is 1. The third-order valence-corrected chi connectivity index (χ3v) is 2.77. The molecule has 1 rings (SSSR count). The molecule has 0 fully saturated rings. The van der Waals surface area contributed by atoms with Gasteiger partial charge in [0.25, 0.3) is 0 Å². The predicted octanol–water partition coefficient (Wildman–Crippen LogP) is 2.51. The Hall–Kier alpha value is -0.770. The van der Waals surface area contributed by atoms with Gasteiger partial charge in [-0.2, -0.15) is 11.8 Å². The highest BCUT2D eigenvalue weighted by Gasteiger charge is 2.04. The smallest absolute Gasteiger partial charge is 0.140 e. The maximum Gasteiger partial charge on any atom is 0.140 e. The summed E-state index contributed by atoms with van der Waals surface area (Å²) in [5, 5.41) is 0. The van der Waals surface area contributed by atoms with E-state index in [0.717, 1.165) is 29.4 Å². The summed E-state index contributed by atoms with van der Waals surface area (Å²) >= 11 is 1.82. The number of hydrogen-bond acceptors (Lipinski definition) is 4. The first-order valence-electron chi connectivity index (χ1n) is 5.31. The summed E-state index contributed by atoms with van der Waals surface area (Å²) in [5.41, 5.74) is 6.81. The average molecular weight is 225 g/mol. The standard InChI is InChI=1S/C11H19N3S/c1-4-15-7-11-13-9(5-8(2)3)6-10(12)14-11/h6,8H,4-5,7H2,1-3H3,(H2,12,13,14). The minimum atomic E-state index is 0.590. The van der Waals surface area contributed by atoms with Crippen molar-refractivity contribution in [1.29, 1.82) is 0 Å². The first-order chi connectivity index (χ1) is 7.11. The molecule has 0 unspecified atom stereocenters. The molecule has 0 aliphatic heterocycles. The first-order valence-corrected chi connectivity index (χ1v) is 6.47. The van der Waals surface area contributed by atoms with Gasteiger partial charge >= 0.3 is 0 Å². The molecule has 1 heterocycles. The van der Waals surface area contributed by atoms with Gasteiger partial charge in [-0.05, 0) is 18.1 Å². The van der Waals surface area contributed by atoms with Crippen molar-refractivity contribution in [2.75, 3.05) is 11.5 Å². The van der Waals surface area contributed by atoms with Crippen molar-refractivity contribution < 1.29 is 0 Å². The van der Waals surface area contributed by atoms with Crippen LogP contribution in [0.5, 0.6) is 0 Å². The molecule has 4 heteroatoms. The topological polar surface area (TPSA) is 51.8 Å². The molecule has 1 aromatic rings. The number of nitrogens with zero attached hydrogens (tertiary/aromatic N) is 2. The van der Waals surface area contributed by atoms with Gasteiger partial charge in [0, 0.05) is 11.8 Å². The largest absolute Gasteiger partial charge is 0.384 e. The van der Waals surface area contributed by atoms with Gasteiger partial charge in [-0.25, -0.2) is 9.97 Å². The molecule has 2 N–H and O–H groups in total. The normalized spacial score (nSPS) is 10.9. The lowest BCUT2D eigenvalue weighted by atomic mass is 10.1. The van der Waals surface area contributed by atoms with E-state index >= 15 is 0 Å². The van der Waals surface area contributed by atoms with Gasteiger partial charge in [0.1, 0.15) is 11.6 Å². The van der Waals surface area contributed by atoms with Crippen molar-refractivity contribution in [1.82, 2.24) is 9.97 Å². The zero-order valence-electron chi connectivity index (χ0n) is 9.66. The summed E-state index contributed by atoms with van der Waals surface area (Å²) in [5.74, 6) is 3.99. The molecule has 0 saturated heterocycles. The Morgan fingerprint density at radius 3 is 2.73 bits per heavy atom. The van der Waals surface area contributed by atoms with Crippen LogP contribution in [0.25, 0.3) is 0 Å². The molecule has 0 radical (unpaired) electrons. The van der Waals surface area contributed by atoms with E-state index in [1.165, 1.54) is 0 Å². The van der Waals surface area contributed by atoms with Crippen LogP contribution < -0.4 is 5.73 Å². The second-order valence-corrected chi connectivity index (χ2v) is 5.21. The van der Waals surface area contributed by atoms with E-state index in [-0.39, 0.29) is 0 Å². The zero-order valence-corrected chi connectivity index (χ0v) is 10.5. The number of hydrogen-bond donors (Lipinski definition) is 1. The second kappa shape index (κ2) is 5.95. The van der Waals surface area contributed by atoms with Crippen LogP contribution in [0.15, 0.2) is 6.07 Å². The Morgan fingerprint density at radius 1 is 1.40 bits per heavy atom. The third kappa shape index (κ3) is 4.51. The molecule has 3 nitrogen and oxygen atoms in total. The molecule has 0 atom stereocenters. The van der Waals surface area contributed by atoms with E-state index in [2.05, 4.69) is 30.7 Å². The van der Waals surface area contributed by atoms with Gasteiger partial charge < -0.3 is 5.73 Å². The van der Waals surface area contributed by atoms with Crippen molar-refractivity contribution in [2.24, 2.45) is 5.92 Å². The Balaban J connectivity index is 2.75. The average Bonchev–Trinajstić information content (AvgIpc) is 2.12. The highest BCUT2D eigenvalue weighted by atomic mass is 32.2. The summed E-state index contributed by atoms with van der Waals surface area (Å²) < 4.78 is 0. The van der Waals surface area contributed by atoms with E-state index in [1.807, 2.05) is 17.8 Å². The molecule has 0 saturated carbocycles. The zero-order chi connectivity index (χ0) is 11.3. The molecule has 0 aromatic carbocycles. The summed E-state index contributed by atoms with van der Waals surface area (Å²) in [6, 6.07) is 1.88. The van der Waals surface area contributed by atoms with Crippen LogP contribution in [-0.2, 0) is 12.2 Å². The van der Waals surface area contributed by atoms with E-state index in [9.17, 15) is 0 Å². The summed E-state index contributed by atoms with van der Waals surface area (Å²) in [4.78, 5) is 8.72. The molecule has 0 aliphatic carbocycles. The maximum absolute atomic E-state index is 5.75. The number of aromatic nitrogens is 2. The van der Waals surface area contributed by atoms with Gasteiger partial charge in [0.05, 0.1) is 5.75 Å². The molecule has 1 aromatic heterocycles. The summed E-state index contributed by atoms with van der Waals surface area (Å²) in [6.45, 7) is 6.49. The van der Waals surface area contributed by atoms with Crippen molar-refractivity contribution in [3.63, 3.8) is 0 Å². The van der Waals surface area contributed by atoms with Crippen molar-refractivity contribution in [3.8, 4) is 0 Å². The van der Waals surface area contributed by atoms with Crippen LogP contribution in [0.4, 0.5) is 5.82 Å². The van der Waals surface area contributed by atoms with Gasteiger partial charge in [-0.1, -0.05) is 20.8 Å². The SMILES string of the molecule is CCSCc1nc(N)cc(CC(C)C)n1. The van der Waals surface area contributed by atoms with Crippen LogP contribution >= 0.6 is 11.8 Å². The van der Waals surface area contributed by atoms with E-state index in [0.29, 0.717) is 11.7 Å². The van der Waals surface area contributed by atoms with Crippen LogP contribution in [-0.4, -0.2) is 15.7 Å². The van der Waals surface area contributed by atoms with Gasteiger partial charge in [0.15, 0.2) is 0 Å². The fourth-order valence-corrected chi connectivity index (χ4v) is 1.87. The van der Waals surface area contributed by atoms with E-state index in [1.54, 1.807) is 0 Å². The molecule has 84 valence electrons.